The van der Waals surface area contributed by atoms with Crippen molar-refractivity contribution < 1.29 is 4.79 Å². The van der Waals surface area contributed by atoms with Crippen LogP contribution in [0.25, 0.3) is 22.4 Å². The van der Waals surface area contributed by atoms with Gasteiger partial charge in [-0.15, -0.1) is 0 Å². The Morgan fingerprint density at radius 1 is 1.27 bits per heavy atom. The second-order valence-electron chi connectivity index (χ2n) is 6.68. The molecular formula is C20H22N4OS. The van der Waals surface area contributed by atoms with E-state index in [9.17, 15) is 4.79 Å². The number of H-pyrrole nitrogens is 1. The topological polar surface area (TPSA) is 61.9 Å². The van der Waals surface area contributed by atoms with Crippen LogP contribution >= 0.6 is 11.8 Å². The summed E-state index contributed by atoms with van der Waals surface area (Å²) in [5, 5.41) is 0.838. The molecule has 0 radical (unpaired) electrons. The van der Waals surface area contributed by atoms with Crippen LogP contribution in [-0.4, -0.2) is 44.1 Å². The predicted molar refractivity (Wildman–Crippen MR) is 105 cm³/mol. The lowest BCUT2D eigenvalue weighted by atomic mass is 10.0. The van der Waals surface area contributed by atoms with Gasteiger partial charge in [0, 0.05) is 24.3 Å². The number of imidazole rings is 1. The Balaban J connectivity index is 1.53. The third-order valence-corrected chi connectivity index (χ3v) is 5.86. The molecule has 0 spiro atoms. The average molecular weight is 366 g/mol. The zero-order valence-electron chi connectivity index (χ0n) is 14.8. The van der Waals surface area contributed by atoms with Gasteiger partial charge in [-0.3, -0.25) is 4.79 Å². The van der Waals surface area contributed by atoms with Gasteiger partial charge in [0.1, 0.15) is 10.9 Å². The number of hydrogen-bond donors (Lipinski definition) is 1. The number of benzene rings is 1. The molecule has 5 nitrogen and oxygen atoms in total. The highest BCUT2D eigenvalue weighted by atomic mass is 32.2. The molecule has 1 atom stereocenters. The van der Waals surface area contributed by atoms with Crippen LogP contribution in [-0.2, 0) is 4.79 Å². The molecule has 1 fully saturated rings. The van der Waals surface area contributed by atoms with Crippen LogP contribution in [0.3, 0.4) is 0 Å². The normalized spacial score (nSPS) is 17.6. The van der Waals surface area contributed by atoms with E-state index in [1.54, 1.807) is 6.20 Å². The van der Waals surface area contributed by atoms with Crippen LogP contribution in [0, 0.1) is 0 Å². The van der Waals surface area contributed by atoms with Gasteiger partial charge in [-0.25, -0.2) is 9.97 Å². The summed E-state index contributed by atoms with van der Waals surface area (Å²) in [7, 11) is 0. The quantitative estimate of drug-likeness (QED) is 0.706. The summed E-state index contributed by atoms with van der Waals surface area (Å²) in [5.41, 5.74) is 2.87. The summed E-state index contributed by atoms with van der Waals surface area (Å²) in [6.07, 6.45) is 5.19. The number of fused-ring (bicyclic) bond motifs is 1. The van der Waals surface area contributed by atoms with Crippen molar-refractivity contribution in [3.63, 3.8) is 0 Å². The van der Waals surface area contributed by atoms with Crippen LogP contribution < -0.4 is 0 Å². The number of likely N-dealkylation sites (tertiary alicyclic amines) is 1. The lowest BCUT2D eigenvalue weighted by Gasteiger charge is -2.33. The number of piperidine rings is 1. The fourth-order valence-corrected chi connectivity index (χ4v) is 4.33. The molecule has 1 unspecified atom stereocenters. The zero-order valence-corrected chi connectivity index (χ0v) is 15.6. The standard InChI is InChI=1S/C20H22N4OS/c1-14-7-4-5-12-24(14)18(25)13-26-20-15(8-6-11-21-20)19-22-16-9-2-3-10-17(16)23-19/h2-3,6,8-11,14H,4-5,7,12-13H2,1H3,(H,22,23). The summed E-state index contributed by atoms with van der Waals surface area (Å²) in [6.45, 7) is 3.02. The first kappa shape index (κ1) is 17.1. The molecule has 134 valence electrons. The average Bonchev–Trinajstić information content (AvgIpc) is 3.11. The Bertz CT molecular complexity index is 890. The summed E-state index contributed by atoms with van der Waals surface area (Å²) < 4.78 is 0. The third kappa shape index (κ3) is 3.46. The largest absolute Gasteiger partial charge is 0.339 e. The number of aromatic amines is 1. The Hall–Kier alpha value is -2.34. The fraction of sp³-hybridized carbons (Fsp3) is 0.350. The van der Waals surface area contributed by atoms with Gasteiger partial charge in [-0.2, -0.15) is 0 Å². The summed E-state index contributed by atoms with van der Waals surface area (Å²) >= 11 is 1.49. The van der Waals surface area contributed by atoms with Crippen LogP contribution in [0.5, 0.6) is 0 Å². The van der Waals surface area contributed by atoms with Crippen LogP contribution in [0.2, 0.25) is 0 Å². The number of hydrogen-bond acceptors (Lipinski definition) is 4. The molecule has 1 N–H and O–H groups in total. The maximum absolute atomic E-state index is 12.6. The van der Waals surface area contributed by atoms with E-state index in [0.717, 1.165) is 46.8 Å². The molecule has 6 heteroatoms. The van der Waals surface area contributed by atoms with Crippen molar-refractivity contribution in [3.05, 3.63) is 42.6 Å². The van der Waals surface area contributed by atoms with E-state index in [-0.39, 0.29) is 5.91 Å². The highest BCUT2D eigenvalue weighted by Crippen LogP contribution is 2.29. The molecule has 2 aromatic heterocycles. The molecule has 1 saturated heterocycles. The van der Waals surface area contributed by atoms with Gasteiger partial charge in [0.25, 0.3) is 0 Å². The molecule has 0 bridgehead atoms. The predicted octanol–water partition coefficient (Wildman–Crippen LogP) is 4.12. The van der Waals surface area contributed by atoms with E-state index in [2.05, 4.69) is 21.9 Å². The van der Waals surface area contributed by atoms with Crippen molar-refractivity contribution in [3.8, 4) is 11.4 Å². The lowest BCUT2D eigenvalue weighted by molar-refractivity contribution is -0.131. The number of carbonyl (C=O) groups excluding carboxylic acids is 1. The first-order valence-electron chi connectivity index (χ1n) is 9.05. The van der Waals surface area contributed by atoms with Crippen molar-refractivity contribution >= 4 is 28.7 Å². The Morgan fingerprint density at radius 3 is 3.00 bits per heavy atom. The maximum atomic E-state index is 12.6. The highest BCUT2D eigenvalue weighted by Gasteiger charge is 2.23. The second-order valence-corrected chi connectivity index (χ2v) is 7.64. The maximum Gasteiger partial charge on any atom is 0.233 e. The van der Waals surface area contributed by atoms with Crippen LogP contribution in [0.15, 0.2) is 47.6 Å². The molecule has 1 amide bonds. The van der Waals surface area contributed by atoms with Crippen molar-refractivity contribution in [2.75, 3.05) is 12.3 Å². The summed E-state index contributed by atoms with van der Waals surface area (Å²) in [4.78, 5) is 27.2. The van der Waals surface area contributed by atoms with E-state index in [1.165, 1.54) is 18.2 Å². The zero-order chi connectivity index (χ0) is 17.9. The van der Waals surface area contributed by atoms with E-state index in [1.807, 2.05) is 41.3 Å². The van der Waals surface area contributed by atoms with Crippen LogP contribution in [0.1, 0.15) is 26.2 Å². The minimum Gasteiger partial charge on any atom is -0.339 e. The molecule has 26 heavy (non-hydrogen) atoms. The van der Waals surface area contributed by atoms with Crippen molar-refractivity contribution in [2.45, 2.75) is 37.3 Å². The number of thioether (sulfide) groups is 1. The van der Waals surface area contributed by atoms with E-state index < -0.39 is 0 Å². The second kappa shape index (κ2) is 7.50. The number of para-hydroxylation sites is 2. The number of carbonyl (C=O) groups is 1. The van der Waals surface area contributed by atoms with Crippen LogP contribution in [0.4, 0.5) is 0 Å². The molecule has 1 aliphatic heterocycles. The number of aromatic nitrogens is 3. The van der Waals surface area contributed by atoms with E-state index in [0.29, 0.717) is 11.8 Å². The fourth-order valence-electron chi connectivity index (χ4n) is 3.45. The highest BCUT2D eigenvalue weighted by molar-refractivity contribution is 8.00. The lowest BCUT2D eigenvalue weighted by Crippen LogP contribution is -2.42. The Morgan fingerprint density at radius 2 is 2.15 bits per heavy atom. The monoisotopic (exact) mass is 366 g/mol. The first-order chi connectivity index (χ1) is 12.7. The minimum absolute atomic E-state index is 0.198. The SMILES string of the molecule is CC1CCCCN1C(=O)CSc1ncccc1-c1nc2ccccc2[nH]1. The van der Waals surface area contributed by atoms with Gasteiger partial charge in [-0.05, 0) is 50.5 Å². The molecule has 0 aliphatic carbocycles. The van der Waals surface area contributed by atoms with E-state index >= 15 is 0 Å². The molecule has 1 aliphatic rings. The Labute approximate surface area is 157 Å². The number of nitrogens with zero attached hydrogens (tertiary/aromatic N) is 3. The molecule has 1 aromatic carbocycles. The smallest absolute Gasteiger partial charge is 0.233 e. The summed E-state index contributed by atoms with van der Waals surface area (Å²) in [6, 6.07) is 12.2. The van der Waals surface area contributed by atoms with Gasteiger partial charge in [0.05, 0.1) is 16.8 Å². The Kier molecular flexibility index (Phi) is 4.93. The van der Waals surface area contributed by atoms with Crippen molar-refractivity contribution in [1.82, 2.24) is 19.9 Å². The van der Waals surface area contributed by atoms with Gasteiger partial charge in [0.2, 0.25) is 5.91 Å². The summed E-state index contributed by atoms with van der Waals surface area (Å²) in [5.74, 6) is 1.40. The first-order valence-corrected chi connectivity index (χ1v) is 10.0. The number of amides is 1. The van der Waals surface area contributed by atoms with Gasteiger partial charge >= 0.3 is 0 Å². The molecule has 3 heterocycles. The molecule has 4 rings (SSSR count). The van der Waals surface area contributed by atoms with Gasteiger partial charge in [0.15, 0.2) is 0 Å². The molecule has 0 saturated carbocycles. The molecule has 3 aromatic rings. The third-order valence-electron chi connectivity index (χ3n) is 4.87. The van der Waals surface area contributed by atoms with Crippen molar-refractivity contribution in [1.29, 1.82) is 0 Å². The number of nitrogens with one attached hydrogen (secondary N) is 1. The van der Waals surface area contributed by atoms with Gasteiger partial charge in [-0.1, -0.05) is 23.9 Å². The van der Waals surface area contributed by atoms with Gasteiger partial charge < -0.3 is 9.88 Å². The number of rotatable bonds is 4. The minimum atomic E-state index is 0.198. The number of pyridine rings is 1. The van der Waals surface area contributed by atoms with Crippen molar-refractivity contribution in [2.24, 2.45) is 0 Å². The molecular weight excluding hydrogens is 344 g/mol. The van der Waals surface area contributed by atoms with E-state index in [4.69, 9.17) is 0 Å².